The van der Waals surface area contributed by atoms with Gasteiger partial charge in [-0.05, 0) is 12.1 Å². The van der Waals surface area contributed by atoms with Crippen molar-refractivity contribution < 1.29 is 22.2 Å². The standard InChI is InChI=1S/C16H13ClF3N5O2S/c1-25-8-11(28(27)12(3-5-23-28)16(18,19)20)13(17)14(25)15(26)24-9-2-4-22-10(6-9)7-21/h2,4,6,8H,3,5H2,1H3,(H,23,27)(H,22,24,26). The minimum Gasteiger partial charge on any atom is -0.344 e. The Morgan fingerprint density at radius 2 is 2.21 bits per heavy atom. The fraction of sp³-hybridized carbons (Fsp3) is 0.250. The van der Waals surface area contributed by atoms with Crippen molar-refractivity contribution in [2.75, 3.05) is 11.9 Å². The van der Waals surface area contributed by atoms with Gasteiger partial charge >= 0.3 is 6.18 Å². The van der Waals surface area contributed by atoms with E-state index in [0.29, 0.717) is 0 Å². The second-order valence-corrected chi connectivity index (χ2v) is 8.60. The Kier molecular flexibility index (Phi) is 5.14. The summed E-state index contributed by atoms with van der Waals surface area (Å²) in [7, 11) is -2.42. The Balaban J connectivity index is 2.04. The average molecular weight is 432 g/mol. The van der Waals surface area contributed by atoms with Gasteiger partial charge in [0, 0.05) is 38.1 Å². The zero-order valence-electron chi connectivity index (χ0n) is 14.3. The maximum absolute atomic E-state index is 13.3. The largest absolute Gasteiger partial charge is 0.421 e. The van der Waals surface area contributed by atoms with Crippen LogP contribution in [0.2, 0.25) is 5.02 Å². The molecule has 1 aliphatic heterocycles. The molecule has 2 aromatic rings. The lowest BCUT2D eigenvalue weighted by molar-refractivity contribution is -0.0578. The van der Waals surface area contributed by atoms with Gasteiger partial charge < -0.3 is 9.88 Å². The van der Waals surface area contributed by atoms with Crippen LogP contribution in [0.4, 0.5) is 18.9 Å². The Labute approximate surface area is 163 Å². The first-order valence-corrected chi connectivity index (χ1v) is 9.75. The number of aryl methyl sites for hydroxylation is 1. The van der Waals surface area contributed by atoms with Gasteiger partial charge in [-0.2, -0.15) is 18.4 Å². The molecule has 0 fully saturated rings. The number of hydrogen-bond donors (Lipinski definition) is 2. The molecule has 1 atom stereocenters. The molecule has 0 saturated heterocycles. The van der Waals surface area contributed by atoms with Gasteiger partial charge in [-0.3, -0.25) is 4.79 Å². The van der Waals surface area contributed by atoms with Crippen LogP contribution in [0.3, 0.4) is 0 Å². The summed E-state index contributed by atoms with van der Waals surface area (Å²) >= 11 is 6.19. The second-order valence-electron chi connectivity index (χ2n) is 5.88. The number of nitriles is 1. The van der Waals surface area contributed by atoms with Crippen molar-refractivity contribution in [1.29, 1.82) is 5.26 Å². The van der Waals surface area contributed by atoms with Crippen molar-refractivity contribution in [3.63, 3.8) is 0 Å². The van der Waals surface area contributed by atoms with Gasteiger partial charge in [-0.15, -0.1) is 0 Å². The molecule has 0 saturated carbocycles. The number of alkyl halides is 3. The van der Waals surface area contributed by atoms with E-state index in [1.165, 1.54) is 29.9 Å². The number of amides is 1. The highest BCUT2D eigenvalue weighted by atomic mass is 35.5. The van der Waals surface area contributed by atoms with E-state index in [4.69, 9.17) is 16.9 Å². The summed E-state index contributed by atoms with van der Waals surface area (Å²) in [6, 6.07) is 4.58. The molecule has 3 rings (SSSR count). The van der Waals surface area contributed by atoms with Gasteiger partial charge in [0.2, 0.25) is 0 Å². The maximum atomic E-state index is 13.3. The Bertz CT molecular complexity index is 1130. The number of hydrogen-bond acceptors (Lipinski definition) is 4. The molecule has 0 aliphatic carbocycles. The topological polar surface area (TPSA) is 99.8 Å². The zero-order valence-corrected chi connectivity index (χ0v) is 15.9. The number of rotatable bonds is 3. The summed E-state index contributed by atoms with van der Waals surface area (Å²) in [6.07, 6.45) is -2.72. The summed E-state index contributed by atoms with van der Waals surface area (Å²) in [5.74, 6) is -0.733. The number of carbonyl (C=O) groups excluding carboxylic acids is 1. The lowest BCUT2D eigenvalue weighted by Crippen LogP contribution is -2.30. The van der Waals surface area contributed by atoms with Crippen LogP contribution in [0.1, 0.15) is 22.6 Å². The number of carbonyl (C=O) groups is 1. The molecule has 0 spiro atoms. The third-order valence-electron chi connectivity index (χ3n) is 4.07. The van der Waals surface area contributed by atoms with Crippen molar-refractivity contribution >= 4 is 37.8 Å². The highest BCUT2D eigenvalue weighted by Gasteiger charge is 2.44. The summed E-state index contributed by atoms with van der Waals surface area (Å²) in [5.41, 5.74) is 0.157. The van der Waals surface area contributed by atoms with E-state index in [1.54, 1.807) is 0 Å². The van der Waals surface area contributed by atoms with Crippen LogP contribution in [0, 0.1) is 11.3 Å². The average Bonchev–Trinajstić information content (AvgIpc) is 3.15. The molecular weight excluding hydrogens is 419 g/mol. The van der Waals surface area contributed by atoms with Gasteiger partial charge in [-0.25, -0.2) is 13.9 Å². The molecule has 28 heavy (non-hydrogen) atoms. The van der Waals surface area contributed by atoms with E-state index in [0.717, 1.165) is 6.20 Å². The molecular formula is C16H13ClF3N5O2S. The molecule has 148 valence electrons. The minimum absolute atomic E-state index is 0.0685. The second kappa shape index (κ2) is 7.12. The summed E-state index contributed by atoms with van der Waals surface area (Å²) in [5, 5.41) is 11.0. The predicted molar refractivity (Wildman–Crippen MR) is 97.4 cm³/mol. The van der Waals surface area contributed by atoms with Crippen LogP contribution < -0.4 is 10.0 Å². The van der Waals surface area contributed by atoms with Crippen molar-refractivity contribution in [2.24, 2.45) is 7.05 Å². The molecule has 7 nitrogen and oxygen atoms in total. The first kappa shape index (κ1) is 20.2. The molecule has 2 N–H and O–H groups in total. The fourth-order valence-electron chi connectivity index (χ4n) is 2.84. The molecule has 1 aliphatic rings. The van der Waals surface area contributed by atoms with Crippen molar-refractivity contribution in [1.82, 2.24) is 14.3 Å². The minimum atomic E-state index is -4.76. The number of anilines is 1. The van der Waals surface area contributed by atoms with Crippen LogP contribution in [0.5, 0.6) is 0 Å². The van der Waals surface area contributed by atoms with Crippen LogP contribution in [-0.4, -0.2) is 37.3 Å². The number of nitrogens with zero attached hydrogens (tertiary/aromatic N) is 3. The van der Waals surface area contributed by atoms with Crippen LogP contribution >= 0.6 is 11.6 Å². The number of aromatic nitrogens is 2. The highest BCUT2D eigenvalue weighted by Crippen LogP contribution is 2.34. The van der Waals surface area contributed by atoms with Gasteiger partial charge in [-0.1, -0.05) is 11.6 Å². The predicted octanol–water partition coefficient (Wildman–Crippen LogP) is 2.48. The summed E-state index contributed by atoms with van der Waals surface area (Å²) in [6.45, 7) is -0.117. The third-order valence-corrected chi connectivity index (χ3v) is 7.23. The van der Waals surface area contributed by atoms with Crippen molar-refractivity contribution in [3.05, 3.63) is 40.9 Å². The van der Waals surface area contributed by atoms with E-state index in [-0.39, 0.29) is 33.5 Å². The first-order valence-electron chi connectivity index (χ1n) is 7.82. The lowest BCUT2D eigenvalue weighted by atomic mass is 10.3. The quantitative estimate of drug-likeness (QED) is 0.729. The lowest BCUT2D eigenvalue weighted by Gasteiger charge is -2.12. The van der Waals surface area contributed by atoms with E-state index >= 15 is 0 Å². The van der Waals surface area contributed by atoms with E-state index in [1.807, 2.05) is 6.07 Å². The smallest absolute Gasteiger partial charge is 0.344 e. The molecule has 0 radical (unpaired) electrons. The Hall–Kier alpha value is -2.55. The SMILES string of the molecule is Cn1cc(S2(=O)=C(C(F)(F)F)CCN2)c(Cl)c1C(=O)Nc1ccnc(C#N)c1. The molecule has 12 heteroatoms. The van der Waals surface area contributed by atoms with Gasteiger partial charge in [0.1, 0.15) is 22.3 Å². The van der Waals surface area contributed by atoms with E-state index < -0.39 is 33.1 Å². The van der Waals surface area contributed by atoms with Crippen molar-refractivity contribution in [2.45, 2.75) is 17.5 Å². The van der Waals surface area contributed by atoms with Gasteiger partial charge in [0.05, 0.1) is 19.6 Å². The monoisotopic (exact) mass is 431 g/mol. The molecule has 1 amide bonds. The first-order chi connectivity index (χ1) is 13.1. The summed E-state index contributed by atoms with van der Waals surface area (Å²) in [4.78, 5) is 15.0. The third kappa shape index (κ3) is 3.46. The van der Waals surface area contributed by atoms with Gasteiger partial charge in [0.25, 0.3) is 5.91 Å². The number of pyridine rings is 1. The summed E-state index contributed by atoms with van der Waals surface area (Å²) < 4.78 is 56.5. The van der Waals surface area contributed by atoms with Crippen LogP contribution in [-0.2, 0) is 16.8 Å². The maximum Gasteiger partial charge on any atom is 0.421 e. The normalized spacial score (nSPS) is 19.5. The van der Waals surface area contributed by atoms with Crippen molar-refractivity contribution in [3.8, 4) is 6.07 Å². The zero-order chi connectivity index (χ0) is 20.7. The Morgan fingerprint density at radius 1 is 1.50 bits per heavy atom. The Morgan fingerprint density at radius 3 is 2.86 bits per heavy atom. The van der Waals surface area contributed by atoms with E-state index in [2.05, 4.69) is 15.0 Å². The highest BCUT2D eigenvalue weighted by molar-refractivity contribution is 8.01. The molecule has 0 bridgehead atoms. The van der Waals surface area contributed by atoms with Crippen LogP contribution in [0.25, 0.3) is 0 Å². The van der Waals surface area contributed by atoms with Gasteiger partial charge in [0.15, 0.2) is 0 Å². The molecule has 0 aromatic carbocycles. The molecule has 3 heterocycles. The van der Waals surface area contributed by atoms with E-state index in [9.17, 15) is 22.2 Å². The number of halogens is 4. The van der Waals surface area contributed by atoms with Crippen LogP contribution in [0.15, 0.2) is 29.4 Å². The molecule has 2 aromatic heterocycles. The number of nitrogens with one attached hydrogen (secondary N) is 2. The fourth-order valence-corrected chi connectivity index (χ4v) is 5.79. The molecule has 1 unspecified atom stereocenters.